The molecule has 0 radical (unpaired) electrons. The molecule has 1 fully saturated rings. The Morgan fingerprint density at radius 2 is 2.38 bits per heavy atom. The minimum absolute atomic E-state index is 0.0741. The first-order valence-corrected chi connectivity index (χ1v) is 3.48. The molecule has 3 nitrogen and oxygen atoms in total. The second kappa shape index (κ2) is 2.37. The summed E-state index contributed by atoms with van der Waals surface area (Å²) in [6.07, 6.45) is 0. The van der Waals surface area contributed by atoms with Crippen LogP contribution in [0.5, 0.6) is 0 Å². The first-order chi connectivity index (χ1) is 3.84. The van der Waals surface area contributed by atoms with Gasteiger partial charge in [-0.05, 0) is 0 Å². The van der Waals surface area contributed by atoms with Crippen LogP contribution in [0.4, 0.5) is 0 Å². The molecular formula is C4H7NO2S. The molecule has 0 atom stereocenters. The SMILES string of the molecule is NOC(=O)C1CSC1. The normalized spacial score (nSPS) is 19.6. The van der Waals surface area contributed by atoms with Crippen LogP contribution in [-0.4, -0.2) is 17.5 Å². The Kier molecular flexibility index (Phi) is 1.75. The number of hydrogen-bond acceptors (Lipinski definition) is 4. The summed E-state index contributed by atoms with van der Waals surface area (Å²) in [5, 5.41) is 0. The molecule has 0 aliphatic carbocycles. The van der Waals surface area contributed by atoms with E-state index in [2.05, 4.69) is 10.7 Å². The van der Waals surface area contributed by atoms with Crippen LogP contribution in [0.15, 0.2) is 0 Å². The van der Waals surface area contributed by atoms with Crippen LogP contribution in [0.3, 0.4) is 0 Å². The third kappa shape index (κ3) is 0.952. The summed E-state index contributed by atoms with van der Waals surface area (Å²) in [7, 11) is 0. The molecule has 8 heavy (non-hydrogen) atoms. The molecule has 0 bridgehead atoms. The van der Waals surface area contributed by atoms with Crippen molar-refractivity contribution in [3.63, 3.8) is 0 Å². The summed E-state index contributed by atoms with van der Waals surface area (Å²) in [6, 6.07) is 0. The molecule has 1 rings (SSSR count). The van der Waals surface area contributed by atoms with Gasteiger partial charge in [0.25, 0.3) is 0 Å². The van der Waals surface area contributed by atoms with Crippen LogP contribution in [-0.2, 0) is 9.63 Å². The molecule has 0 aromatic carbocycles. The molecule has 0 amide bonds. The van der Waals surface area contributed by atoms with E-state index in [1.807, 2.05) is 0 Å². The zero-order valence-corrected chi connectivity index (χ0v) is 5.11. The third-order valence-electron chi connectivity index (χ3n) is 1.09. The van der Waals surface area contributed by atoms with Gasteiger partial charge in [0.05, 0.1) is 5.92 Å². The Balaban J connectivity index is 2.24. The van der Waals surface area contributed by atoms with Crippen LogP contribution in [0.2, 0.25) is 0 Å². The van der Waals surface area contributed by atoms with Gasteiger partial charge in [-0.15, -0.1) is 0 Å². The average Bonchev–Trinajstić information content (AvgIpc) is 1.62. The van der Waals surface area contributed by atoms with E-state index in [4.69, 9.17) is 0 Å². The lowest BCUT2D eigenvalue weighted by molar-refractivity contribution is -0.147. The van der Waals surface area contributed by atoms with Crippen molar-refractivity contribution in [1.82, 2.24) is 0 Å². The lowest BCUT2D eigenvalue weighted by Gasteiger charge is -2.20. The van der Waals surface area contributed by atoms with E-state index in [0.29, 0.717) is 0 Å². The Hall–Kier alpha value is -0.220. The molecule has 2 N–H and O–H groups in total. The lowest BCUT2D eigenvalue weighted by Crippen LogP contribution is -2.30. The van der Waals surface area contributed by atoms with E-state index < -0.39 is 0 Å². The predicted octanol–water partition coefficient (Wildman–Crippen LogP) is -0.234. The van der Waals surface area contributed by atoms with E-state index in [1.165, 1.54) is 0 Å². The van der Waals surface area contributed by atoms with Gasteiger partial charge in [-0.3, -0.25) is 4.79 Å². The number of carbonyl (C=O) groups is 1. The minimum atomic E-state index is -0.274. The molecule has 0 saturated carbocycles. The molecule has 0 unspecified atom stereocenters. The summed E-state index contributed by atoms with van der Waals surface area (Å²) in [5.74, 6) is 6.17. The number of carbonyl (C=O) groups excluding carboxylic acids is 1. The predicted molar refractivity (Wildman–Crippen MR) is 31.1 cm³/mol. The van der Waals surface area contributed by atoms with E-state index in [9.17, 15) is 4.79 Å². The number of hydrogen-bond donors (Lipinski definition) is 1. The van der Waals surface area contributed by atoms with Gasteiger partial charge in [0.1, 0.15) is 0 Å². The maximum absolute atomic E-state index is 10.4. The molecule has 46 valence electrons. The van der Waals surface area contributed by atoms with E-state index in [0.717, 1.165) is 11.5 Å². The second-order valence-corrected chi connectivity index (χ2v) is 2.75. The fourth-order valence-corrected chi connectivity index (χ4v) is 1.21. The summed E-state index contributed by atoms with van der Waals surface area (Å²) >= 11 is 1.73. The zero-order valence-electron chi connectivity index (χ0n) is 4.29. The summed E-state index contributed by atoms with van der Waals surface area (Å²) in [6.45, 7) is 0. The van der Waals surface area contributed by atoms with E-state index in [1.54, 1.807) is 11.8 Å². The quantitative estimate of drug-likeness (QED) is 0.502. The van der Waals surface area contributed by atoms with Crippen molar-refractivity contribution in [2.24, 2.45) is 11.8 Å². The summed E-state index contributed by atoms with van der Waals surface area (Å²) in [4.78, 5) is 14.4. The third-order valence-corrected chi connectivity index (χ3v) is 2.36. The van der Waals surface area contributed by atoms with Gasteiger partial charge < -0.3 is 4.84 Å². The van der Waals surface area contributed by atoms with E-state index >= 15 is 0 Å². The second-order valence-electron chi connectivity index (χ2n) is 1.67. The standard InChI is InChI=1S/C4H7NO2S/c5-7-4(6)3-1-8-2-3/h3H,1-2,5H2. The van der Waals surface area contributed by atoms with Crippen LogP contribution in [0.1, 0.15) is 0 Å². The Bertz CT molecular complexity index is 102. The molecule has 1 aliphatic rings. The smallest absolute Gasteiger partial charge is 0.329 e. The first kappa shape index (κ1) is 5.91. The summed E-state index contributed by atoms with van der Waals surface area (Å²) in [5.41, 5.74) is 0. The Morgan fingerprint density at radius 3 is 2.50 bits per heavy atom. The van der Waals surface area contributed by atoms with Crippen molar-refractivity contribution < 1.29 is 9.63 Å². The average molecular weight is 133 g/mol. The lowest BCUT2D eigenvalue weighted by atomic mass is 10.2. The van der Waals surface area contributed by atoms with E-state index in [-0.39, 0.29) is 11.9 Å². The molecule has 0 spiro atoms. The van der Waals surface area contributed by atoms with Crippen LogP contribution >= 0.6 is 11.8 Å². The topological polar surface area (TPSA) is 52.3 Å². The van der Waals surface area contributed by atoms with Gasteiger partial charge in [0.15, 0.2) is 0 Å². The fraction of sp³-hybridized carbons (Fsp3) is 0.750. The van der Waals surface area contributed by atoms with Gasteiger partial charge in [-0.2, -0.15) is 17.7 Å². The molecule has 4 heteroatoms. The molecule has 1 saturated heterocycles. The molecule has 1 heterocycles. The first-order valence-electron chi connectivity index (χ1n) is 2.33. The molecule has 0 aromatic heterocycles. The molecule has 0 aromatic rings. The summed E-state index contributed by atoms with van der Waals surface area (Å²) < 4.78 is 0. The molecular weight excluding hydrogens is 126 g/mol. The highest BCUT2D eigenvalue weighted by atomic mass is 32.2. The monoisotopic (exact) mass is 133 g/mol. The number of nitrogens with two attached hydrogens (primary N) is 1. The van der Waals surface area contributed by atoms with Crippen LogP contribution in [0, 0.1) is 5.92 Å². The highest BCUT2D eigenvalue weighted by Crippen LogP contribution is 2.24. The van der Waals surface area contributed by atoms with Gasteiger partial charge >= 0.3 is 5.97 Å². The van der Waals surface area contributed by atoms with Gasteiger partial charge in [0, 0.05) is 11.5 Å². The Labute approximate surface area is 51.5 Å². The maximum Gasteiger partial charge on any atom is 0.329 e. The van der Waals surface area contributed by atoms with Crippen molar-refractivity contribution in [3.8, 4) is 0 Å². The minimum Gasteiger partial charge on any atom is -0.373 e. The highest BCUT2D eigenvalue weighted by Gasteiger charge is 2.26. The fourth-order valence-electron chi connectivity index (χ4n) is 0.468. The van der Waals surface area contributed by atoms with Gasteiger partial charge in [0.2, 0.25) is 0 Å². The maximum atomic E-state index is 10.4. The van der Waals surface area contributed by atoms with Crippen molar-refractivity contribution >= 4 is 17.7 Å². The Morgan fingerprint density at radius 1 is 1.75 bits per heavy atom. The van der Waals surface area contributed by atoms with Crippen molar-refractivity contribution in [2.75, 3.05) is 11.5 Å². The largest absolute Gasteiger partial charge is 0.373 e. The molecule has 1 aliphatic heterocycles. The van der Waals surface area contributed by atoms with Crippen molar-refractivity contribution in [1.29, 1.82) is 0 Å². The highest BCUT2D eigenvalue weighted by molar-refractivity contribution is 8.00. The zero-order chi connectivity index (χ0) is 5.98. The van der Waals surface area contributed by atoms with Crippen LogP contribution < -0.4 is 5.90 Å². The van der Waals surface area contributed by atoms with Gasteiger partial charge in [-0.25, -0.2) is 0 Å². The number of rotatable bonds is 1. The van der Waals surface area contributed by atoms with Gasteiger partial charge in [-0.1, -0.05) is 0 Å². The van der Waals surface area contributed by atoms with Crippen molar-refractivity contribution in [2.45, 2.75) is 0 Å². The van der Waals surface area contributed by atoms with Crippen molar-refractivity contribution in [3.05, 3.63) is 0 Å². The van der Waals surface area contributed by atoms with Crippen LogP contribution in [0.25, 0.3) is 0 Å². The number of thioether (sulfide) groups is 1.